The Morgan fingerprint density at radius 2 is 1.85 bits per heavy atom. The van der Waals surface area contributed by atoms with Crippen LogP contribution in [0.2, 0.25) is 0 Å². The zero-order chi connectivity index (χ0) is 15.0. The molecule has 0 saturated carbocycles. The summed E-state index contributed by atoms with van der Waals surface area (Å²) in [5.74, 6) is -0.194. The molecular weight excluding hydrogens is 296 g/mol. The number of hydrogen-bond acceptors (Lipinski definition) is 4. The molecule has 1 saturated heterocycles. The molecule has 1 fully saturated rings. The Morgan fingerprint density at radius 1 is 1.30 bits per heavy atom. The Labute approximate surface area is 123 Å². The third-order valence-corrected chi connectivity index (χ3v) is 5.49. The van der Waals surface area contributed by atoms with Crippen molar-refractivity contribution in [1.29, 1.82) is 0 Å². The topological polar surface area (TPSA) is 89.3 Å². The van der Waals surface area contributed by atoms with Gasteiger partial charge in [-0.3, -0.25) is 4.79 Å². The van der Waals surface area contributed by atoms with E-state index in [1.54, 1.807) is 31.2 Å². The van der Waals surface area contributed by atoms with Crippen molar-refractivity contribution in [2.75, 3.05) is 11.5 Å². The quantitative estimate of drug-likeness (QED) is 0.799. The third kappa shape index (κ3) is 3.34. The molecule has 1 aromatic rings. The van der Waals surface area contributed by atoms with Crippen molar-refractivity contribution in [1.82, 2.24) is 5.32 Å². The summed E-state index contributed by atoms with van der Waals surface area (Å²) in [6, 6.07) is 6.59. The van der Waals surface area contributed by atoms with E-state index in [9.17, 15) is 13.2 Å². The molecular formula is C13H16N2O3S2. The normalized spacial score (nSPS) is 24.2. The van der Waals surface area contributed by atoms with Crippen LogP contribution in [0, 0.1) is 0 Å². The second-order valence-electron chi connectivity index (χ2n) is 5.30. The number of benzene rings is 1. The molecule has 1 unspecified atom stereocenters. The standard InChI is InChI=1S/C13H16N2O3S2/c1-13(6-7-20(17,18)8-13)15-12(16)10-4-2-9(3-5-10)11(14)19/h2-5H,6-8H2,1H3,(H2,14,19)(H,15,16). The van der Waals surface area contributed by atoms with Gasteiger partial charge in [0.1, 0.15) is 4.99 Å². The lowest BCUT2D eigenvalue weighted by molar-refractivity contribution is 0.0915. The summed E-state index contributed by atoms with van der Waals surface area (Å²) in [6.07, 6.45) is 0.437. The first-order valence-corrected chi connectivity index (χ1v) is 8.37. The van der Waals surface area contributed by atoms with Crippen molar-refractivity contribution >= 4 is 33.0 Å². The minimum Gasteiger partial charge on any atom is -0.389 e. The Hall–Kier alpha value is -1.47. The Morgan fingerprint density at radius 3 is 2.30 bits per heavy atom. The first-order chi connectivity index (χ1) is 9.21. The van der Waals surface area contributed by atoms with Gasteiger partial charge in [0.05, 0.1) is 17.0 Å². The van der Waals surface area contributed by atoms with Crippen LogP contribution in [0.3, 0.4) is 0 Å². The molecule has 0 bridgehead atoms. The Balaban J connectivity index is 2.11. The van der Waals surface area contributed by atoms with Crippen molar-refractivity contribution in [2.45, 2.75) is 18.9 Å². The minimum absolute atomic E-state index is 0.0172. The second-order valence-corrected chi connectivity index (χ2v) is 7.92. The van der Waals surface area contributed by atoms with Gasteiger partial charge in [-0.05, 0) is 25.5 Å². The van der Waals surface area contributed by atoms with E-state index in [2.05, 4.69) is 5.32 Å². The van der Waals surface area contributed by atoms with Crippen LogP contribution in [0.1, 0.15) is 29.3 Å². The fourth-order valence-electron chi connectivity index (χ4n) is 2.24. The molecule has 1 amide bonds. The van der Waals surface area contributed by atoms with Gasteiger partial charge in [0.25, 0.3) is 5.91 Å². The molecule has 108 valence electrons. The maximum atomic E-state index is 12.1. The van der Waals surface area contributed by atoms with Gasteiger partial charge in [-0.25, -0.2) is 8.42 Å². The number of hydrogen-bond donors (Lipinski definition) is 2. The summed E-state index contributed by atoms with van der Waals surface area (Å²) in [7, 11) is -3.05. The highest BCUT2D eigenvalue weighted by Crippen LogP contribution is 2.23. The minimum atomic E-state index is -3.05. The predicted octanol–water partition coefficient (Wildman–Crippen LogP) is 0.628. The summed E-state index contributed by atoms with van der Waals surface area (Å²) >= 11 is 4.84. The molecule has 1 atom stereocenters. The number of nitrogens with two attached hydrogens (primary N) is 1. The molecule has 1 aliphatic rings. The summed E-state index contributed by atoms with van der Waals surface area (Å²) in [6.45, 7) is 1.75. The van der Waals surface area contributed by atoms with Crippen LogP contribution in [0.5, 0.6) is 0 Å². The molecule has 7 heteroatoms. The van der Waals surface area contributed by atoms with Crippen LogP contribution in [0.15, 0.2) is 24.3 Å². The number of carbonyl (C=O) groups is 1. The molecule has 5 nitrogen and oxygen atoms in total. The number of amides is 1. The maximum absolute atomic E-state index is 12.1. The van der Waals surface area contributed by atoms with Crippen molar-refractivity contribution < 1.29 is 13.2 Å². The summed E-state index contributed by atoms with van der Waals surface area (Å²) < 4.78 is 23.0. The molecule has 2 rings (SSSR count). The Bertz CT molecular complexity index is 653. The third-order valence-electron chi connectivity index (χ3n) is 3.35. The largest absolute Gasteiger partial charge is 0.389 e. The van der Waals surface area contributed by atoms with Crippen molar-refractivity contribution in [3.63, 3.8) is 0 Å². The molecule has 3 N–H and O–H groups in total. The fraction of sp³-hybridized carbons (Fsp3) is 0.385. The lowest BCUT2D eigenvalue weighted by Gasteiger charge is -2.23. The van der Waals surface area contributed by atoms with Gasteiger partial charge in [-0.15, -0.1) is 0 Å². The summed E-state index contributed by atoms with van der Waals surface area (Å²) in [4.78, 5) is 12.4. The molecule has 20 heavy (non-hydrogen) atoms. The van der Waals surface area contributed by atoms with E-state index in [1.807, 2.05) is 0 Å². The summed E-state index contributed by atoms with van der Waals surface area (Å²) in [5, 5.41) is 2.79. The monoisotopic (exact) mass is 312 g/mol. The van der Waals surface area contributed by atoms with E-state index < -0.39 is 15.4 Å². The predicted molar refractivity (Wildman–Crippen MR) is 81.5 cm³/mol. The summed E-state index contributed by atoms with van der Waals surface area (Å²) in [5.41, 5.74) is 5.93. The van der Waals surface area contributed by atoms with Crippen LogP contribution in [0.4, 0.5) is 0 Å². The van der Waals surface area contributed by atoms with E-state index in [-0.39, 0.29) is 22.4 Å². The van der Waals surface area contributed by atoms with E-state index in [1.165, 1.54) is 0 Å². The molecule has 1 aliphatic heterocycles. The molecule has 1 heterocycles. The molecule has 0 aromatic heterocycles. The lowest BCUT2D eigenvalue weighted by atomic mass is 10.0. The van der Waals surface area contributed by atoms with Gasteiger partial charge in [-0.2, -0.15) is 0 Å². The number of sulfone groups is 1. The van der Waals surface area contributed by atoms with Gasteiger partial charge in [-0.1, -0.05) is 24.4 Å². The molecule has 0 radical (unpaired) electrons. The van der Waals surface area contributed by atoms with Crippen molar-refractivity contribution in [3.8, 4) is 0 Å². The number of rotatable bonds is 3. The van der Waals surface area contributed by atoms with Gasteiger partial charge in [0.2, 0.25) is 0 Å². The highest BCUT2D eigenvalue weighted by molar-refractivity contribution is 7.91. The fourth-order valence-corrected chi connectivity index (χ4v) is 4.47. The van der Waals surface area contributed by atoms with Crippen LogP contribution in [-0.2, 0) is 9.84 Å². The smallest absolute Gasteiger partial charge is 0.251 e. The van der Waals surface area contributed by atoms with Gasteiger partial charge < -0.3 is 11.1 Å². The number of carbonyl (C=O) groups excluding carboxylic acids is 1. The maximum Gasteiger partial charge on any atom is 0.251 e. The molecule has 0 spiro atoms. The van der Waals surface area contributed by atoms with Gasteiger partial charge in [0, 0.05) is 11.1 Å². The zero-order valence-electron chi connectivity index (χ0n) is 11.0. The SMILES string of the molecule is CC1(NC(=O)c2ccc(C(N)=S)cc2)CCS(=O)(=O)C1. The number of thiocarbonyl (C=S) groups is 1. The average molecular weight is 312 g/mol. The number of nitrogens with one attached hydrogen (secondary N) is 1. The van der Waals surface area contributed by atoms with E-state index in [0.29, 0.717) is 17.5 Å². The highest BCUT2D eigenvalue weighted by Gasteiger charge is 2.39. The first kappa shape index (κ1) is 14.9. The Kier molecular flexibility index (Phi) is 3.84. The van der Waals surface area contributed by atoms with E-state index >= 15 is 0 Å². The second kappa shape index (κ2) is 5.14. The van der Waals surface area contributed by atoms with Gasteiger partial charge >= 0.3 is 0 Å². The van der Waals surface area contributed by atoms with Crippen LogP contribution >= 0.6 is 12.2 Å². The van der Waals surface area contributed by atoms with E-state index in [4.69, 9.17) is 18.0 Å². The van der Waals surface area contributed by atoms with Gasteiger partial charge in [0.15, 0.2) is 9.84 Å². The van der Waals surface area contributed by atoms with Crippen molar-refractivity contribution in [2.24, 2.45) is 5.73 Å². The van der Waals surface area contributed by atoms with Crippen molar-refractivity contribution in [3.05, 3.63) is 35.4 Å². The zero-order valence-corrected chi connectivity index (χ0v) is 12.7. The van der Waals surface area contributed by atoms with E-state index in [0.717, 1.165) is 0 Å². The highest BCUT2D eigenvalue weighted by atomic mass is 32.2. The van der Waals surface area contributed by atoms with Crippen LogP contribution < -0.4 is 11.1 Å². The molecule has 0 aliphatic carbocycles. The van der Waals surface area contributed by atoms with Crippen LogP contribution in [-0.4, -0.2) is 36.4 Å². The average Bonchev–Trinajstić information content (AvgIpc) is 2.63. The molecule has 1 aromatic carbocycles. The van der Waals surface area contributed by atoms with Crippen LogP contribution in [0.25, 0.3) is 0 Å². The lowest BCUT2D eigenvalue weighted by Crippen LogP contribution is -2.46. The first-order valence-electron chi connectivity index (χ1n) is 6.14.